The number of aryl methyl sites for hydroxylation is 1. The van der Waals surface area contributed by atoms with Gasteiger partial charge in [-0.2, -0.15) is 0 Å². The van der Waals surface area contributed by atoms with Crippen LogP contribution < -0.4 is 11.3 Å². The molecule has 3 N–H and O–H groups in total. The van der Waals surface area contributed by atoms with Crippen LogP contribution in [0.4, 0.5) is 0 Å². The van der Waals surface area contributed by atoms with Gasteiger partial charge in [0.05, 0.1) is 0 Å². The lowest BCUT2D eigenvalue weighted by molar-refractivity contribution is 0.459. The Hall–Kier alpha value is -0.930. The zero-order valence-corrected chi connectivity index (χ0v) is 8.74. The van der Waals surface area contributed by atoms with Crippen molar-refractivity contribution in [2.24, 2.45) is 5.84 Å². The number of nitrogens with two attached hydrogens (primary N) is 1. The normalized spacial score (nSPS) is 12.7. The van der Waals surface area contributed by atoms with Crippen molar-refractivity contribution in [3.05, 3.63) is 30.1 Å². The van der Waals surface area contributed by atoms with Gasteiger partial charge < -0.3 is 0 Å². The lowest BCUT2D eigenvalue weighted by Gasteiger charge is -2.14. The van der Waals surface area contributed by atoms with Crippen molar-refractivity contribution in [3.8, 4) is 0 Å². The second kappa shape index (κ2) is 6.51. The lowest BCUT2D eigenvalue weighted by atomic mass is 10.0. The minimum atomic E-state index is 0.438. The number of hydrogen-bond donors (Lipinski definition) is 2. The van der Waals surface area contributed by atoms with E-state index in [-0.39, 0.29) is 0 Å². The molecule has 0 amide bonds. The molecule has 0 spiro atoms. The van der Waals surface area contributed by atoms with Gasteiger partial charge in [0.15, 0.2) is 0 Å². The van der Waals surface area contributed by atoms with Gasteiger partial charge >= 0.3 is 0 Å². The maximum Gasteiger partial charge on any atom is 0.0270 e. The third-order valence-corrected chi connectivity index (χ3v) is 2.40. The molecular weight excluding hydrogens is 174 g/mol. The van der Waals surface area contributed by atoms with Gasteiger partial charge in [0, 0.05) is 18.4 Å². The van der Waals surface area contributed by atoms with Crippen molar-refractivity contribution in [2.75, 3.05) is 0 Å². The maximum atomic E-state index is 5.46. The van der Waals surface area contributed by atoms with Crippen LogP contribution in [-0.4, -0.2) is 11.0 Å². The van der Waals surface area contributed by atoms with Gasteiger partial charge in [-0.15, -0.1) is 0 Å². The van der Waals surface area contributed by atoms with Crippen molar-refractivity contribution in [2.45, 2.75) is 38.6 Å². The molecule has 0 aliphatic carbocycles. The topological polar surface area (TPSA) is 50.9 Å². The predicted molar refractivity (Wildman–Crippen MR) is 58.6 cm³/mol. The third-order valence-electron chi connectivity index (χ3n) is 2.40. The summed E-state index contributed by atoms with van der Waals surface area (Å²) in [6.07, 6.45) is 8.14. The highest BCUT2D eigenvalue weighted by Crippen LogP contribution is 2.07. The number of aromatic nitrogens is 1. The van der Waals surface area contributed by atoms with E-state index in [1.165, 1.54) is 12.0 Å². The van der Waals surface area contributed by atoms with Crippen LogP contribution in [0.5, 0.6) is 0 Å². The van der Waals surface area contributed by atoms with Crippen LogP contribution >= 0.6 is 0 Å². The van der Waals surface area contributed by atoms with Crippen LogP contribution in [0.2, 0.25) is 0 Å². The summed E-state index contributed by atoms with van der Waals surface area (Å²) < 4.78 is 0. The van der Waals surface area contributed by atoms with Crippen LogP contribution in [0, 0.1) is 0 Å². The van der Waals surface area contributed by atoms with E-state index in [0.29, 0.717) is 6.04 Å². The van der Waals surface area contributed by atoms with E-state index in [2.05, 4.69) is 29.5 Å². The average molecular weight is 193 g/mol. The van der Waals surface area contributed by atoms with E-state index >= 15 is 0 Å². The number of nitrogens with zero attached hydrogens (tertiary/aromatic N) is 1. The highest BCUT2D eigenvalue weighted by atomic mass is 15.2. The van der Waals surface area contributed by atoms with Crippen LogP contribution in [0.3, 0.4) is 0 Å². The highest BCUT2D eigenvalue weighted by Gasteiger charge is 2.04. The molecule has 0 bridgehead atoms. The molecule has 1 aromatic heterocycles. The molecule has 1 rings (SSSR count). The smallest absolute Gasteiger partial charge is 0.0270 e. The summed E-state index contributed by atoms with van der Waals surface area (Å²) in [5.41, 5.74) is 4.19. The molecule has 1 heterocycles. The van der Waals surface area contributed by atoms with Gasteiger partial charge in [-0.05, 0) is 37.0 Å². The van der Waals surface area contributed by atoms with Gasteiger partial charge in [0.1, 0.15) is 0 Å². The molecule has 0 aliphatic heterocycles. The van der Waals surface area contributed by atoms with E-state index in [9.17, 15) is 0 Å². The first-order chi connectivity index (χ1) is 6.86. The van der Waals surface area contributed by atoms with Gasteiger partial charge in [0.2, 0.25) is 0 Å². The quantitative estimate of drug-likeness (QED) is 0.533. The monoisotopic (exact) mass is 193 g/mol. The molecule has 3 heteroatoms. The Labute approximate surface area is 85.7 Å². The first-order valence-corrected chi connectivity index (χ1v) is 5.21. The van der Waals surface area contributed by atoms with Crippen molar-refractivity contribution in [1.29, 1.82) is 0 Å². The third kappa shape index (κ3) is 3.85. The van der Waals surface area contributed by atoms with E-state index < -0.39 is 0 Å². The second-order valence-electron chi connectivity index (χ2n) is 3.55. The molecule has 0 aromatic carbocycles. The minimum Gasteiger partial charge on any atom is -0.271 e. The molecule has 0 saturated carbocycles. The van der Waals surface area contributed by atoms with Crippen LogP contribution in [0.25, 0.3) is 0 Å². The largest absolute Gasteiger partial charge is 0.271 e. The standard InChI is InChI=1S/C11H19N3/c1-2-3-11(14-12)5-4-10-6-8-13-9-7-10/h6-9,11,14H,2-5,12H2,1H3. The first-order valence-electron chi connectivity index (χ1n) is 5.21. The van der Waals surface area contributed by atoms with Gasteiger partial charge in [-0.1, -0.05) is 13.3 Å². The Morgan fingerprint density at radius 1 is 1.36 bits per heavy atom. The fourth-order valence-electron chi connectivity index (χ4n) is 1.55. The molecule has 0 saturated heterocycles. The first kappa shape index (κ1) is 11.1. The van der Waals surface area contributed by atoms with Gasteiger partial charge in [-0.3, -0.25) is 16.3 Å². The fourth-order valence-corrected chi connectivity index (χ4v) is 1.55. The Balaban J connectivity index is 2.32. The summed E-state index contributed by atoms with van der Waals surface area (Å²) in [6, 6.07) is 4.55. The van der Waals surface area contributed by atoms with Crippen LogP contribution in [0.1, 0.15) is 31.7 Å². The number of pyridine rings is 1. The fraction of sp³-hybridized carbons (Fsp3) is 0.545. The molecule has 0 fully saturated rings. The predicted octanol–water partition coefficient (Wildman–Crippen LogP) is 1.65. The number of hydrazine groups is 1. The Kier molecular flexibility index (Phi) is 5.19. The van der Waals surface area contributed by atoms with Gasteiger partial charge in [-0.25, -0.2) is 0 Å². The average Bonchev–Trinajstić information content (AvgIpc) is 2.25. The summed E-state index contributed by atoms with van der Waals surface area (Å²) >= 11 is 0. The molecule has 0 aliphatic rings. The highest BCUT2D eigenvalue weighted by molar-refractivity contribution is 5.09. The molecule has 1 aromatic rings. The molecule has 14 heavy (non-hydrogen) atoms. The lowest BCUT2D eigenvalue weighted by Crippen LogP contribution is -2.35. The molecular formula is C11H19N3. The van der Waals surface area contributed by atoms with Gasteiger partial charge in [0.25, 0.3) is 0 Å². The van der Waals surface area contributed by atoms with Crippen LogP contribution in [0.15, 0.2) is 24.5 Å². The Morgan fingerprint density at radius 2 is 2.07 bits per heavy atom. The second-order valence-corrected chi connectivity index (χ2v) is 3.55. The molecule has 1 atom stereocenters. The molecule has 3 nitrogen and oxygen atoms in total. The van der Waals surface area contributed by atoms with Crippen molar-refractivity contribution < 1.29 is 0 Å². The maximum absolute atomic E-state index is 5.46. The Bertz CT molecular complexity index is 236. The van der Waals surface area contributed by atoms with Crippen molar-refractivity contribution in [1.82, 2.24) is 10.4 Å². The summed E-state index contributed by atoms with van der Waals surface area (Å²) in [7, 11) is 0. The van der Waals surface area contributed by atoms with E-state index in [0.717, 1.165) is 19.3 Å². The zero-order valence-electron chi connectivity index (χ0n) is 8.74. The summed E-state index contributed by atoms with van der Waals surface area (Å²) in [4.78, 5) is 3.99. The molecule has 0 radical (unpaired) electrons. The number of rotatable bonds is 6. The van der Waals surface area contributed by atoms with Crippen molar-refractivity contribution >= 4 is 0 Å². The van der Waals surface area contributed by atoms with E-state index in [4.69, 9.17) is 5.84 Å². The minimum absolute atomic E-state index is 0.438. The SMILES string of the molecule is CCCC(CCc1ccncc1)NN. The van der Waals surface area contributed by atoms with E-state index in [1.54, 1.807) is 0 Å². The number of hydrogen-bond acceptors (Lipinski definition) is 3. The Morgan fingerprint density at radius 3 is 2.64 bits per heavy atom. The van der Waals surface area contributed by atoms with Crippen molar-refractivity contribution in [3.63, 3.8) is 0 Å². The number of nitrogens with one attached hydrogen (secondary N) is 1. The van der Waals surface area contributed by atoms with E-state index in [1.807, 2.05) is 12.4 Å². The molecule has 1 unspecified atom stereocenters. The molecule has 78 valence electrons. The summed E-state index contributed by atoms with van der Waals surface area (Å²) in [5, 5.41) is 0. The van der Waals surface area contributed by atoms with Crippen LogP contribution in [-0.2, 0) is 6.42 Å². The zero-order chi connectivity index (χ0) is 10.2. The summed E-state index contributed by atoms with van der Waals surface area (Å²) in [5.74, 6) is 5.46. The summed E-state index contributed by atoms with van der Waals surface area (Å²) in [6.45, 7) is 2.18.